The molecule has 1 aromatic heterocycles. The van der Waals surface area contributed by atoms with Crippen molar-refractivity contribution >= 4 is 28.3 Å². The number of carbonyl (C=O) groups excluding carboxylic acids is 2. The number of hydrogen-bond donors (Lipinski definition) is 0. The fourth-order valence-electron chi connectivity index (χ4n) is 3.85. The van der Waals surface area contributed by atoms with Gasteiger partial charge in [0.1, 0.15) is 0 Å². The van der Waals surface area contributed by atoms with E-state index in [1.807, 2.05) is 79.7 Å². The van der Waals surface area contributed by atoms with Gasteiger partial charge in [0.25, 0.3) is 0 Å². The van der Waals surface area contributed by atoms with Crippen LogP contribution in [0.5, 0.6) is 0 Å². The summed E-state index contributed by atoms with van der Waals surface area (Å²) in [6.07, 6.45) is 3.30. The molecule has 1 unspecified atom stereocenters. The van der Waals surface area contributed by atoms with Crippen molar-refractivity contribution in [3.8, 4) is 0 Å². The number of benzene rings is 3. The molecule has 1 amide bonds. The Morgan fingerprint density at radius 2 is 1.72 bits per heavy atom. The highest BCUT2D eigenvalue weighted by molar-refractivity contribution is 6.11. The van der Waals surface area contributed by atoms with Gasteiger partial charge < -0.3 is 9.64 Å². The number of rotatable bonds is 7. The first-order chi connectivity index (χ1) is 15.6. The van der Waals surface area contributed by atoms with E-state index in [0.29, 0.717) is 18.7 Å². The normalized spacial score (nSPS) is 11.8. The number of likely N-dealkylation sites (N-methyl/N-ethyl adjacent to an activating group) is 1. The zero-order valence-corrected chi connectivity index (χ0v) is 18.1. The van der Waals surface area contributed by atoms with Crippen molar-refractivity contribution in [1.82, 2.24) is 9.78 Å². The maximum atomic E-state index is 13.6. The maximum absolute atomic E-state index is 13.6. The average molecular weight is 428 g/mol. The van der Waals surface area contributed by atoms with E-state index < -0.39 is 11.9 Å². The van der Waals surface area contributed by atoms with Gasteiger partial charge >= 0.3 is 5.97 Å². The lowest BCUT2D eigenvalue weighted by molar-refractivity contribution is -0.145. The number of aromatic nitrogens is 2. The van der Waals surface area contributed by atoms with Crippen LogP contribution in [-0.4, -0.2) is 35.3 Å². The van der Waals surface area contributed by atoms with Crippen LogP contribution in [0.25, 0.3) is 10.8 Å². The topological polar surface area (TPSA) is 64.4 Å². The summed E-state index contributed by atoms with van der Waals surface area (Å²) in [5, 5.41) is 6.49. The third-order valence-electron chi connectivity index (χ3n) is 5.48. The number of nitrogens with zero attached hydrogens (tertiary/aromatic N) is 3. The number of amides is 1. The SMILES string of the molecule is CCN(C(=O)C(C(=O)OC)c1cnn(Cc2ccccc2)c1)c1ccc2ccccc2c1. The zero-order valence-electron chi connectivity index (χ0n) is 18.1. The quantitative estimate of drug-likeness (QED) is 0.324. The standard InChI is InChI=1S/C26H25N3O3/c1-3-29(23-14-13-20-11-7-8-12-21(20)15-23)25(30)24(26(31)32-2)22-16-27-28(18-22)17-19-9-5-4-6-10-19/h4-16,18,24H,3,17H2,1-2H3. The minimum Gasteiger partial charge on any atom is -0.468 e. The van der Waals surface area contributed by atoms with Gasteiger partial charge in [0.05, 0.1) is 19.9 Å². The molecule has 0 aliphatic carbocycles. The number of ether oxygens (including phenoxy) is 1. The van der Waals surface area contributed by atoms with Crippen LogP contribution in [0, 0.1) is 0 Å². The van der Waals surface area contributed by atoms with Crippen LogP contribution < -0.4 is 4.90 Å². The molecule has 3 aromatic carbocycles. The molecule has 1 atom stereocenters. The molecule has 6 heteroatoms. The van der Waals surface area contributed by atoms with Crippen LogP contribution in [0.15, 0.2) is 85.2 Å². The van der Waals surface area contributed by atoms with E-state index in [-0.39, 0.29) is 5.91 Å². The molecule has 4 aromatic rings. The van der Waals surface area contributed by atoms with Gasteiger partial charge in [0.15, 0.2) is 5.92 Å². The second-order valence-corrected chi connectivity index (χ2v) is 7.53. The fraction of sp³-hybridized carbons (Fsp3) is 0.192. The van der Waals surface area contributed by atoms with Gasteiger partial charge in [-0.3, -0.25) is 14.3 Å². The Kier molecular flexibility index (Phi) is 6.31. The van der Waals surface area contributed by atoms with Crippen molar-refractivity contribution in [3.05, 3.63) is 96.3 Å². The van der Waals surface area contributed by atoms with E-state index in [2.05, 4.69) is 5.10 Å². The van der Waals surface area contributed by atoms with E-state index >= 15 is 0 Å². The van der Waals surface area contributed by atoms with Gasteiger partial charge in [-0.1, -0.05) is 60.7 Å². The van der Waals surface area contributed by atoms with Crippen LogP contribution >= 0.6 is 0 Å². The van der Waals surface area contributed by atoms with Crippen LogP contribution in [0.4, 0.5) is 5.69 Å². The van der Waals surface area contributed by atoms with Crippen LogP contribution in [0.2, 0.25) is 0 Å². The van der Waals surface area contributed by atoms with Crippen molar-refractivity contribution in [2.75, 3.05) is 18.6 Å². The second-order valence-electron chi connectivity index (χ2n) is 7.53. The molecule has 0 aliphatic rings. The maximum Gasteiger partial charge on any atom is 0.322 e. The van der Waals surface area contributed by atoms with Gasteiger partial charge in [0.2, 0.25) is 5.91 Å². The highest BCUT2D eigenvalue weighted by atomic mass is 16.5. The molecule has 0 radical (unpaired) electrons. The highest BCUT2D eigenvalue weighted by Gasteiger charge is 2.34. The first-order valence-electron chi connectivity index (χ1n) is 10.5. The van der Waals surface area contributed by atoms with Crippen molar-refractivity contribution in [3.63, 3.8) is 0 Å². The van der Waals surface area contributed by atoms with Crippen LogP contribution in [0.1, 0.15) is 24.0 Å². The molecule has 6 nitrogen and oxygen atoms in total. The molecule has 32 heavy (non-hydrogen) atoms. The molecular weight excluding hydrogens is 402 g/mol. The van der Waals surface area contributed by atoms with E-state index in [0.717, 1.165) is 22.0 Å². The summed E-state index contributed by atoms with van der Waals surface area (Å²) >= 11 is 0. The summed E-state index contributed by atoms with van der Waals surface area (Å²) in [6.45, 7) is 2.86. The minimum atomic E-state index is -1.09. The monoisotopic (exact) mass is 427 g/mol. The van der Waals surface area contributed by atoms with Gasteiger partial charge in [0, 0.05) is 24.0 Å². The Hall–Kier alpha value is -3.93. The molecule has 0 bridgehead atoms. The Balaban J connectivity index is 1.64. The van der Waals surface area contributed by atoms with Gasteiger partial charge in [-0.25, -0.2) is 0 Å². The number of anilines is 1. The van der Waals surface area contributed by atoms with Gasteiger partial charge in [-0.2, -0.15) is 5.10 Å². The number of esters is 1. The highest BCUT2D eigenvalue weighted by Crippen LogP contribution is 2.27. The van der Waals surface area contributed by atoms with Gasteiger partial charge in [-0.15, -0.1) is 0 Å². The Morgan fingerprint density at radius 1 is 1.00 bits per heavy atom. The molecule has 0 spiro atoms. The second kappa shape index (κ2) is 9.47. The van der Waals surface area contributed by atoms with E-state index in [1.165, 1.54) is 7.11 Å². The molecule has 0 saturated heterocycles. The number of carbonyl (C=O) groups is 2. The summed E-state index contributed by atoms with van der Waals surface area (Å²) in [4.78, 5) is 27.9. The lowest BCUT2D eigenvalue weighted by Gasteiger charge is -2.25. The van der Waals surface area contributed by atoms with E-state index in [9.17, 15) is 9.59 Å². The van der Waals surface area contributed by atoms with Crippen LogP contribution in [0.3, 0.4) is 0 Å². The Morgan fingerprint density at radius 3 is 2.44 bits per heavy atom. The predicted octanol–water partition coefficient (Wildman–Crippen LogP) is 4.39. The van der Waals surface area contributed by atoms with E-state index in [1.54, 1.807) is 22.0 Å². The lowest BCUT2D eigenvalue weighted by atomic mass is 10.00. The van der Waals surface area contributed by atoms with Crippen LogP contribution in [-0.2, 0) is 20.9 Å². The summed E-state index contributed by atoms with van der Waals surface area (Å²) < 4.78 is 6.72. The molecular formula is C26H25N3O3. The third-order valence-corrected chi connectivity index (χ3v) is 5.48. The van der Waals surface area contributed by atoms with Crippen molar-refractivity contribution in [2.45, 2.75) is 19.4 Å². The Labute approximate surface area is 187 Å². The van der Waals surface area contributed by atoms with E-state index in [4.69, 9.17) is 4.74 Å². The summed E-state index contributed by atoms with van der Waals surface area (Å²) in [5.41, 5.74) is 2.33. The molecule has 0 saturated carbocycles. The average Bonchev–Trinajstić information content (AvgIpc) is 3.27. The summed E-state index contributed by atoms with van der Waals surface area (Å²) in [7, 11) is 1.29. The number of hydrogen-bond acceptors (Lipinski definition) is 4. The number of methoxy groups -OCH3 is 1. The fourth-order valence-corrected chi connectivity index (χ4v) is 3.85. The van der Waals surface area contributed by atoms with Crippen molar-refractivity contribution < 1.29 is 14.3 Å². The largest absolute Gasteiger partial charge is 0.468 e. The summed E-state index contributed by atoms with van der Waals surface area (Å²) in [5.74, 6) is -2.03. The molecule has 0 aliphatic heterocycles. The summed E-state index contributed by atoms with van der Waals surface area (Å²) in [6, 6.07) is 23.7. The molecule has 1 heterocycles. The first kappa shape index (κ1) is 21.3. The first-order valence-corrected chi connectivity index (χ1v) is 10.5. The minimum absolute atomic E-state index is 0.339. The van der Waals surface area contributed by atoms with Gasteiger partial charge in [-0.05, 0) is 35.4 Å². The predicted molar refractivity (Wildman–Crippen MR) is 125 cm³/mol. The zero-order chi connectivity index (χ0) is 22.5. The molecule has 162 valence electrons. The van der Waals surface area contributed by atoms with Crippen molar-refractivity contribution in [2.24, 2.45) is 0 Å². The smallest absolute Gasteiger partial charge is 0.322 e. The molecule has 0 N–H and O–H groups in total. The lowest BCUT2D eigenvalue weighted by Crippen LogP contribution is -2.38. The van der Waals surface area contributed by atoms with Crippen molar-refractivity contribution in [1.29, 1.82) is 0 Å². The molecule has 0 fully saturated rings. The Bertz CT molecular complexity index is 1230. The molecule has 4 rings (SSSR count). The number of fused-ring (bicyclic) bond motifs is 1. The third kappa shape index (κ3) is 4.39.